The van der Waals surface area contributed by atoms with Crippen molar-refractivity contribution in [1.29, 1.82) is 0 Å². The van der Waals surface area contributed by atoms with Gasteiger partial charge in [-0.1, -0.05) is 12.1 Å². The lowest BCUT2D eigenvalue weighted by molar-refractivity contribution is -0.120. The van der Waals surface area contributed by atoms with E-state index in [0.29, 0.717) is 18.1 Å². The number of methoxy groups -OCH3 is 1. The van der Waals surface area contributed by atoms with E-state index in [-0.39, 0.29) is 16.6 Å². The quantitative estimate of drug-likeness (QED) is 0.462. The SMILES string of the molecule is CCOc1ccc(N(CC(=O)N[C@H](C)c2ccc(OC)cc2)S(=O)(=O)c2ccc(F)cc2)cc1. The van der Waals surface area contributed by atoms with Crippen LogP contribution in [-0.4, -0.2) is 34.6 Å². The van der Waals surface area contributed by atoms with Gasteiger partial charge in [0.05, 0.1) is 30.3 Å². The highest BCUT2D eigenvalue weighted by atomic mass is 32.2. The number of halogens is 1. The number of carbonyl (C=O) groups excluding carboxylic acids is 1. The largest absolute Gasteiger partial charge is 0.497 e. The van der Waals surface area contributed by atoms with Gasteiger partial charge >= 0.3 is 0 Å². The summed E-state index contributed by atoms with van der Waals surface area (Å²) >= 11 is 0. The van der Waals surface area contributed by atoms with Gasteiger partial charge in [-0.25, -0.2) is 12.8 Å². The monoisotopic (exact) mass is 486 g/mol. The Balaban J connectivity index is 1.86. The number of nitrogens with one attached hydrogen (secondary N) is 1. The highest BCUT2D eigenvalue weighted by Gasteiger charge is 2.28. The van der Waals surface area contributed by atoms with E-state index in [2.05, 4.69) is 5.32 Å². The Morgan fingerprint density at radius 1 is 0.971 bits per heavy atom. The molecule has 1 amide bonds. The standard InChI is InChI=1S/C25H27FN2O5S/c1-4-33-23-13-9-21(10-14-23)28(34(30,31)24-15-7-20(26)8-16-24)17-25(29)27-18(2)19-5-11-22(32-3)12-6-19/h5-16,18H,4,17H2,1-3H3,(H,27,29)/t18-/m1/s1. The van der Waals surface area contributed by atoms with Crippen molar-refractivity contribution in [3.8, 4) is 11.5 Å². The number of anilines is 1. The van der Waals surface area contributed by atoms with Gasteiger partial charge in [0.1, 0.15) is 23.9 Å². The lowest BCUT2D eigenvalue weighted by Gasteiger charge is -2.25. The number of carbonyl (C=O) groups is 1. The average molecular weight is 487 g/mol. The molecule has 0 heterocycles. The van der Waals surface area contributed by atoms with Crippen molar-refractivity contribution in [2.45, 2.75) is 24.8 Å². The van der Waals surface area contributed by atoms with Crippen LogP contribution >= 0.6 is 0 Å². The van der Waals surface area contributed by atoms with Crippen molar-refractivity contribution in [3.63, 3.8) is 0 Å². The van der Waals surface area contributed by atoms with Gasteiger partial charge in [0, 0.05) is 0 Å². The van der Waals surface area contributed by atoms with Crippen LogP contribution in [0.25, 0.3) is 0 Å². The van der Waals surface area contributed by atoms with Gasteiger partial charge in [-0.3, -0.25) is 9.10 Å². The van der Waals surface area contributed by atoms with Crippen LogP contribution in [-0.2, 0) is 14.8 Å². The van der Waals surface area contributed by atoms with Crippen LogP contribution in [0.15, 0.2) is 77.7 Å². The molecule has 0 fully saturated rings. The van der Waals surface area contributed by atoms with E-state index in [4.69, 9.17) is 9.47 Å². The summed E-state index contributed by atoms with van der Waals surface area (Å²) in [6.45, 7) is 3.64. The number of sulfonamides is 1. The number of rotatable bonds is 10. The van der Waals surface area contributed by atoms with Crippen LogP contribution in [0.2, 0.25) is 0 Å². The van der Waals surface area contributed by atoms with Crippen molar-refractivity contribution in [2.24, 2.45) is 0 Å². The molecule has 1 atom stereocenters. The predicted octanol–water partition coefficient (Wildman–Crippen LogP) is 4.31. The van der Waals surface area contributed by atoms with Crippen molar-refractivity contribution < 1.29 is 27.1 Å². The predicted molar refractivity (Wildman–Crippen MR) is 128 cm³/mol. The van der Waals surface area contributed by atoms with Crippen LogP contribution < -0.4 is 19.1 Å². The number of ether oxygens (including phenoxy) is 2. The lowest BCUT2D eigenvalue weighted by Crippen LogP contribution is -2.41. The number of hydrogen-bond donors (Lipinski definition) is 1. The first-order valence-corrected chi connectivity index (χ1v) is 12.1. The number of amides is 1. The topological polar surface area (TPSA) is 84.9 Å². The first-order valence-electron chi connectivity index (χ1n) is 10.7. The first-order chi connectivity index (χ1) is 16.2. The van der Waals surface area contributed by atoms with Crippen molar-refractivity contribution in [1.82, 2.24) is 5.32 Å². The molecule has 180 valence electrons. The number of hydrogen-bond acceptors (Lipinski definition) is 5. The van der Waals surface area contributed by atoms with Gasteiger partial charge in [0.25, 0.3) is 10.0 Å². The molecule has 0 aromatic heterocycles. The Morgan fingerprint density at radius 2 is 1.56 bits per heavy atom. The minimum absolute atomic E-state index is 0.126. The Labute approximate surface area is 199 Å². The molecule has 3 aromatic rings. The van der Waals surface area contributed by atoms with Crippen LogP contribution in [0, 0.1) is 5.82 Å². The molecule has 0 spiro atoms. The molecule has 0 radical (unpaired) electrons. The third kappa shape index (κ3) is 6.05. The summed E-state index contributed by atoms with van der Waals surface area (Å²) in [6, 6.07) is 17.7. The molecule has 0 saturated heterocycles. The number of benzene rings is 3. The smallest absolute Gasteiger partial charge is 0.264 e. The van der Waals surface area contributed by atoms with Crippen LogP contribution in [0.3, 0.4) is 0 Å². The summed E-state index contributed by atoms with van der Waals surface area (Å²) in [6.07, 6.45) is 0. The van der Waals surface area contributed by atoms with Crippen LogP contribution in [0.5, 0.6) is 11.5 Å². The van der Waals surface area contributed by atoms with E-state index in [0.717, 1.165) is 22.0 Å². The summed E-state index contributed by atoms with van der Waals surface area (Å²) < 4.78 is 51.7. The fourth-order valence-corrected chi connectivity index (χ4v) is 4.74. The minimum atomic E-state index is -4.15. The molecule has 0 saturated carbocycles. The third-order valence-electron chi connectivity index (χ3n) is 5.12. The van der Waals surface area contributed by atoms with Gasteiger partial charge in [0.2, 0.25) is 5.91 Å². The Hall–Kier alpha value is -3.59. The molecule has 0 bridgehead atoms. The van der Waals surface area contributed by atoms with E-state index in [1.54, 1.807) is 50.4 Å². The van der Waals surface area contributed by atoms with Crippen LogP contribution in [0.1, 0.15) is 25.5 Å². The molecular weight excluding hydrogens is 459 g/mol. The van der Waals surface area contributed by atoms with Gasteiger partial charge in [-0.2, -0.15) is 0 Å². The first kappa shape index (κ1) is 25.0. The number of nitrogens with zero attached hydrogens (tertiary/aromatic N) is 1. The molecular formula is C25H27FN2O5S. The molecule has 34 heavy (non-hydrogen) atoms. The maximum Gasteiger partial charge on any atom is 0.264 e. The molecule has 0 aliphatic rings. The Bertz CT molecular complexity index is 1200. The fraction of sp³-hybridized carbons (Fsp3) is 0.240. The maximum absolute atomic E-state index is 13.4. The Kier molecular flexibility index (Phi) is 8.12. The summed E-state index contributed by atoms with van der Waals surface area (Å²) in [7, 11) is -2.59. The average Bonchev–Trinajstić information content (AvgIpc) is 2.83. The van der Waals surface area contributed by atoms with Crippen LogP contribution in [0.4, 0.5) is 10.1 Å². The van der Waals surface area contributed by atoms with Crippen molar-refractivity contribution in [3.05, 3.63) is 84.2 Å². The van der Waals surface area contributed by atoms with Crippen molar-refractivity contribution >= 4 is 21.6 Å². The molecule has 1 N–H and O–H groups in total. The Morgan fingerprint density at radius 3 is 2.12 bits per heavy atom. The highest BCUT2D eigenvalue weighted by molar-refractivity contribution is 7.92. The molecule has 3 aromatic carbocycles. The van der Waals surface area contributed by atoms with E-state index >= 15 is 0 Å². The highest BCUT2D eigenvalue weighted by Crippen LogP contribution is 2.26. The summed E-state index contributed by atoms with van der Waals surface area (Å²) in [5.41, 5.74) is 1.11. The molecule has 9 heteroatoms. The van der Waals surface area contributed by atoms with Gasteiger partial charge < -0.3 is 14.8 Å². The summed E-state index contributed by atoms with van der Waals surface area (Å²) in [5, 5.41) is 2.83. The van der Waals surface area contributed by atoms with E-state index in [9.17, 15) is 17.6 Å². The van der Waals surface area contributed by atoms with E-state index in [1.165, 1.54) is 12.1 Å². The molecule has 0 aliphatic heterocycles. The maximum atomic E-state index is 13.4. The molecule has 0 unspecified atom stereocenters. The lowest BCUT2D eigenvalue weighted by atomic mass is 10.1. The third-order valence-corrected chi connectivity index (χ3v) is 6.91. The molecule has 7 nitrogen and oxygen atoms in total. The zero-order valence-corrected chi connectivity index (χ0v) is 20.0. The van der Waals surface area contributed by atoms with Crippen molar-refractivity contribution in [2.75, 3.05) is 24.6 Å². The second-order valence-electron chi connectivity index (χ2n) is 7.45. The second kappa shape index (κ2) is 11.0. The zero-order valence-electron chi connectivity index (χ0n) is 19.2. The normalized spacial score (nSPS) is 12.0. The molecule has 3 rings (SSSR count). The zero-order chi connectivity index (χ0) is 24.7. The summed E-state index contributed by atoms with van der Waals surface area (Å²) in [4.78, 5) is 12.8. The second-order valence-corrected chi connectivity index (χ2v) is 9.32. The fourth-order valence-electron chi connectivity index (χ4n) is 3.32. The van der Waals surface area contributed by atoms with Gasteiger partial charge in [-0.05, 0) is 80.1 Å². The van der Waals surface area contributed by atoms with E-state index < -0.39 is 28.3 Å². The van der Waals surface area contributed by atoms with E-state index in [1.807, 2.05) is 19.1 Å². The molecule has 0 aliphatic carbocycles. The minimum Gasteiger partial charge on any atom is -0.497 e. The summed E-state index contributed by atoms with van der Waals surface area (Å²) in [5.74, 6) is 0.206. The van der Waals surface area contributed by atoms with Gasteiger partial charge in [-0.15, -0.1) is 0 Å². The van der Waals surface area contributed by atoms with Gasteiger partial charge in [0.15, 0.2) is 0 Å².